The highest BCUT2D eigenvalue weighted by atomic mass is 31.1. The smallest absolute Gasteiger partial charge is 0.356 e. The van der Waals surface area contributed by atoms with Crippen molar-refractivity contribution in [1.29, 1.82) is 0 Å². The van der Waals surface area contributed by atoms with Crippen molar-refractivity contribution < 1.29 is 44.2 Å². The molecule has 0 fully saturated rings. The lowest BCUT2D eigenvalue weighted by atomic mass is 9.69. The summed E-state index contributed by atoms with van der Waals surface area (Å²) in [5.41, 5.74) is -1.82. The van der Waals surface area contributed by atoms with Crippen LogP contribution in [0.1, 0.15) is 230 Å². The van der Waals surface area contributed by atoms with Gasteiger partial charge in [0.25, 0.3) is 0 Å². The van der Waals surface area contributed by atoms with E-state index in [1.165, 1.54) is 167 Å². The Kier molecular flexibility index (Phi) is 39.6. The van der Waals surface area contributed by atoms with Gasteiger partial charge in [-0.15, -0.1) is 0 Å². The Balaban J connectivity index is 0.000000920. The number of unbranched alkanes of at least 4 members (excludes halogenated alkanes) is 28. The van der Waals surface area contributed by atoms with Crippen LogP contribution in [0.4, 0.5) is 0 Å². The molecule has 2 rings (SSSR count). The molecule has 0 bridgehead atoms. The maximum Gasteiger partial charge on any atom is 0.356 e. The molecule has 63 heavy (non-hydrogen) atoms. The van der Waals surface area contributed by atoms with Crippen LogP contribution in [0.25, 0.3) is 0 Å². The Morgan fingerprint density at radius 3 is 0.889 bits per heavy atom. The van der Waals surface area contributed by atoms with Crippen LogP contribution in [0, 0.1) is 0 Å². The minimum absolute atomic E-state index is 0.283. The fourth-order valence-corrected chi connectivity index (χ4v) is 8.36. The summed E-state index contributed by atoms with van der Waals surface area (Å²) in [5, 5.41) is 36.6. The molecule has 9 nitrogen and oxygen atoms in total. The summed E-state index contributed by atoms with van der Waals surface area (Å²) in [4.78, 5) is 44.6. The highest BCUT2D eigenvalue weighted by molar-refractivity contribution is 7.27. The summed E-state index contributed by atoms with van der Waals surface area (Å²) >= 11 is 0. The molecule has 0 radical (unpaired) electrons. The summed E-state index contributed by atoms with van der Waals surface area (Å²) in [6, 6.07) is 16.1. The van der Waals surface area contributed by atoms with E-state index in [1.54, 1.807) is 60.7 Å². The molecule has 1 atom stereocenters. The first-order chi connectivity index (χ1) is 30.6. The summed E-state index contributed by atoms with van der Waals surface area (Å²) in [6.45, 7) is 4.54. The molecular weight excluding hydrogens is 812 g/mol. The van der Waals surface area contributed by atoms with E-state index < -0.39 is 43.3 Å². The molecule has 0 amide bonds. The maximum atomic E-state index is 12.2. The van der Waals surface area contributed by atoms with E-state index in [0.29, 0.717) is 12.8 Å². The zero-order valence-electron chi connectivity index (χ0n) is 39.3. The summed E-state index contributed by atoms with van der Waals surface area (Å²) in [5.74, 6) is -3.14. The second-order valence-electron chi connectivity index (χ2n) is 17.0. The summed E-state index contributed by atoms with van der Waals surface area (Å²) in [7, 11) is -1.07. The van der Waals surface area contributed by atoms with Crippen LogP contribution in [0.2, 0.25) is 0 Å². The van der Waals surface area contributed by atoms with E-state index in [9.17, 15) is 34.0 Å². The fraction of sp³-hybridized carbons (Fsp3) is 0.660. The normalized spacial score (nSPS) is 11.3. The minimum Gasteiger partial charge on any atom is -0.481 e. The molecule has 2 aromatic rings. The van der Waals surface area contributed by atoms with E-state index in [4.69, 9.17) is 10.2 Å². The van der Waals surface area contributed by atoms with Gasteiger partial charge >= 0.3 is 32.3 Å². The highest BCUT2D eigenvalue weighted by Gasteiger charge is 2.50. The molecule has 4 N–H and O–H groups in total. The number of aliphatic carboxylic acids is 4. The van der Waals surface area contributed by atoms with Gasteiger partial charge in [-0.25, -0.2) is 4.79 Å². The quantitative estimate of drug-likeness (QED) is 0.0291. The van der Waals surface area contributed by atoms with Gasteiger partial charge in [0.1, 0.15) is 5.57 Å². The Labute approximate surface area is 383 Å². The third kappa shape index (κ3) is 30.8. The predicted octanol–water partition coefficient (Wildman–Crippen LogP) is 15.7. The Bertz CT molecular complexity index is 1380. The molecule has 0 saturated heterocycles. The summed E-state index contributed by atoms with van der Waals surface area (Å²) < 4.78 is 11.1. The Morgan fingerprint density at radius 2 is 0.683 bits per heavy atom. The standard InChI is InChI=1S/2C18H36O2.C17H13O5P/c2*1-2-3-4-5-6-7-8-9-10-11-12-13-14-15-16-17-18(19)20;18-15(19)14(11-23-22)17(16(20)21,12-7-3-1-4-8-12)13-9-5-2-6-10-13/h2*2-17H2,1H3,(H,19,20);1-11H,(H,18,19)(H,20,21)/p+1. The van der Waals surface area contributed by atoms with Crippen molar-refractivity contribution >= 4 is 32.3 Å². The van der Waals surface area contributed by atoms with Gasteiger partial charge in [0.05, 0.1) is 0 Å². The van der Waals surface area contributed by atoms with Crippen LogP contribution < -0.4 is 0 Å². The Morgan fingerprint density at radius 1 is 0.429 bits per heavy atom. The largest absolute Gasteiger partial charge is 0.481 e. The molecule has 0 aromatic heterocycles. The van der Waals surface area contributed by atoms with Gasteiger partial charge in [-0.05, 0) is 24.0 Å². The van der Waals surface area contributed by atoms with Crippen molar-refractivity contribution in [3.63, 3.8) is 0 Å². The molecule has 2 aromatic carbocycles. The topological polar surface area (TPSA) is 166 Å². The average molecular weight is 898 g/mol. The number of carboxylic acid groups (broad SMARTS) is 4. The van der Waals surface area contributed by atoms with Gasteiger partial charge < -0.3 is 20.4 Å². The third-order valence-electron chi connectivity index (χ3n) is 11.6. The minimum atomic E-state index is -1.94. The molecule has 0 aliphatic heterocycles. The van der Waals surface area contributed by atoms with Crippen LogP contribution in [0.5, 0.6) is 0 Å². The molecule has 10 heteroatoms. The molecule has 0 heterocycles. The molecular formula is C53H86O9P+. The summed E-state index contributed by atoms with van der Waals surface area (Å²) in [6.07, 6.45) is 40.4. The number of carbonyl (C=O) groups is 4. The SMILES string of the molecule is CCCCCCCCCCCCCCCCCC(=O)O.CCCCCCCCCCCCCCCCCC(=O)O.O=[PH+]C=C(C(=O)O)C(C(=O)O)(c1ccccc1)c1ccccc1. The van der Waals surface area contributed by atoms with E-state index in [1.807, 2.05) is 0 Å². The van der Waals surface area contributed by atoms with Crippen LogP contribution >= 0.6 is 8.46 Å². The van der Waals surface area contributed by atoms with Crippen molar-refractivity contribution in [3.8, 4) is 0 Å². The van der Waals surface area contributed by atoms with Gasteiger partial charge in [0, 0.05) is 12.8 Å². The monoisotopic (exact) mass is 898 g/mol. The van der Waals surface area contributed by atoms with E-state index in [2.05, 4.69) is 13.8 Å². The number of benzene rings is 2. The molecule has 0 saturated carbocycles. The number of hydrogen-bond acceptors (Lipinski definition) is 5. The average Bonchev–Trinajstić information content (AvgIpc) is 3.27. The maximum absolute atomic E-state index is 12.2. The van der Waals surface area contributed by atoms with Crippen LogP contribution in [-0.4, -0.2) is 44.3 Å². The third-order valence-corrected chi connectivity index (χ3v) is 12.0. The first-order valence-electron chi connectivity index (χ1n) is 24.7. The van der Waals surface area contributed by atoms with E-state index in [0.717, 1.165) is 31.5 Å². The van der Waals surface area contributed by atoms with Gasteiger partial charge in [-0.1, -0.05) is 259 Å². The highest BCUT2D eigenvalue weighted by Crippen LogP contribution is 2.40. The molecule has 1 unspecified atom stereocenters. The molecule has 0 aliphatic rings. The van der Waals surface area contributed by atoms with Crippen molar-refractivity contribution in [2.24, 2.45) is 0 Å². The number of hydrogen-bond donors (Lipinski definition) is 4. The van der Waals surface area contributed by atoms with Crippen LogP contribution in [-0.2, 0) is 29.2 Å². The van der Waals surface area contributed by atoms with E-state index >= 15 is 0 Å². The van der Waals surface area contributed by atoms with Crippen molar-refractivity contribution in [2.75, 3.05) is 0 Å². The van der Waals surface area contributed by atoms with Gasteiger partial charge in [0.2, 0.25) is 0 Å². The second kappa shape index (κ2) is 42.1. The van der Waals surface area contributed by atoms with E-state index in [-0.39, 0.29) is 11.1 Å². The van der Waals surface area contributed by atoms with Crippen LogP contribution in [0.15, 0.2) is 72.1 Å². The van der Waals surface area contributed by atoms with Gasteiger partial charge in [0.15, 0.2) is 11.2 Å². The molecule has 0 spiro atoms. The molecule has 356 valence electrons. The fourth-order valence-electron chi connectivity index (χ4n) is 7.90. The van der Waals surface area contributed by atoms with Crippen molar-refractivity contribution in [3.05, 3.63) is 83.2 Å². The van der Waals surface area contributed by atoms with Crippen molar-refractivity contribution in [2.45, 2.75) is 225 Å². The zero-order valence-corrected chi connectivity index (χ0v) is 40.3. The lowest BCUT2D eigenvalue weighted by molar-refractivity contribution is -0.144. The van der Waals surface area contributed by atoms with Crippen LogP contribution in [0.3, 0.4) is 0 Å². The lowest BCUT2D eigenvalue weighted by Crippen LogP contribution is -2.41. The first-order valence-corrected chi connectivity index (χ1v) is 25.7. The van der Waals surface area contributed by atoms with Crippen molar-refractivity contribution in [1.82, 2.24) is 0 Å². The molecule has 0 aliphatic carbocycles. The number of carboxylic acids is 4. The first kappa shape index (κ1) is 59.2. The predicted molar refractivity (Wildman–Crippen MR) is 260 cm³/mol. The number of rotatable bonds is 38. The lowest BCUT2D eigenvalue weighted by Gasteiger charge is -2.30. The zero-order chi connectivity index (χ0) is 46.7. The van der Waals surface area contributed by atoms with Gasteiger partial charge in [-0.3, -0.25) is 14.4 Å². The Hall–Kier alpha value is -3.84. The van der Waals surface area contributed by atoms with Gasteiger partial charge in [-0.2, -0.15) is 0 Å². The second-order valence-corrected chi connectivity index (χ2v) is 17.5.